The standard InChI is InChI=1S/C14H20O3/c1-9(2)11-8-12(13(16)5-6-15)10(3)7-14(11)17-4/h7-9,15H,5-6H2,1-4H3. The zero-order chi connectivity index (χ0) is 13.0. The van der Waals surface area contributed by atoms with Gasteiger partial charge in [0.25, 0.3) is 0 Å². The summed E-state index contributed by atoms with van der Waals surface area (Å²) >= 11 is 0. The van der Waals surface area contributed by atoms with Crippen LogP contribution in [0.1, 0.15) is 47.7 Å². The highest BCUT2D eigenvalue weighted by Crippen LogP contribution is 2.30. The van der Waals surface area contributed by atoms with Crippen LogP contribution in [-0.2, 0) is 0 Å². The number of hydrogen-bond acceptors (Lipinski definition) is 3. The molecule has 0 aromatic heterocycles. The monoisotopic (exact) mass is 236 g/mol. The normalized spacial score (nSPS) is 10.7. The van der Waals surface area contributed by atoms with Crippen LogP contribution in [0.25, 0.3) is 0 Å². The van der Waals surface area contributed by atoms with Crippen molar-refractivity contribution >= 4 is 5.78 Å². The second-order valence-corrected chi connectivity index (χ2v) is 4.46. The maximum absolute atomic E-state index is 11.8. The summed E-state index contributed by atoms with van der Waals surface area (Å²) in [4.78, 5) is 11.8. The quantitative estimate of drug-likeness (QED) is 0.799. The lowest BCUT2D eigenvalue weighted by Gasteiger charge is -2.15. The average molecular weight is 236 g/mol. The summed E-state index contributed by atoms with van der Waals surface area (Å²) in [5.74, 6) is 1.10. The summed E-state index contributed by atoms with van der Waals surface area (Å²) in [5.41, 5.74) is 2.60. The van der Waals surface area contributed by atoms with Crippen molar-refractivity contribution in [3.8, 4) is 5.75 Å². The number of carbonyl (C=O) groups excluding carboxylic acids is 1. The first-order chi connectivity index (χ1) is 8.01. The average Bonchev–Trinajstić information content (AvgIpc) is 2.28. The molecular weight excluding hydrogens is 216 g/mol. The van der Waals surface area contributed by atoms with E-state index in [4.69, 9.17) is 9.84 Å². The van der Waals surface area contributed by atoms with Gasteiger partial charge in [-0.1, -0.05) is 13.8 Å². The van der Waals surface area contributed by atoms with Crippen molar-refractivity contribution in [1.82, 2.24) is 0 Å². The zero-order valence-electron chi connectivity index (χ0n) is 10.9. The molecule has 0 heterocycles. The molecule has 0 unspecified atom stereocenters. The van der Waals surface area contributed by atoms with Crippen molar-refractivity contribution in [1.29, 1.82) is 0 Å². The largest absolute Gasteiger partial charge is 0.496 e. The van der Waals surface area contributed by atoms with Crippen molar-refractivity contribution in [3.05, 3.63) is 28.8 Å². The van der Waals surface area contributed by atoms with Gasteiger partial charge in [0.15, 0.2) is 5.78 Å². The molecule has 0 aliphatic carbocycles. The van der Waals surface area contributed by atoms with Gasteiger partial charge in [-0.3, -0.25) is 4.79 Å². The minimum absolute atomic E-state index is 0.0189. The van der Waals surface area contributed by atoms with Crippen LogP contribution in [0.2, 0.25) is 0 Å². The Morgan fingerprint density at radius 2 is 2.06 bits per heavy atom. The molecule has 0 bridgehead atoms. The minimum Gasteiger partial charge on any atom is -0.496 e. The van der Waals surface area contributed by atoms with Crippen molar-refractivity contribution in [2.45, 2.75) is 33.1 Å². The van der Waals surface area contributed by atoms with E-state index in [1.807, 2.05) is 19.1 Å². The highest BCUT2D eigenvalue weighted by Gasteiger charge is 2.15. The first-order valence-corrected chi connectivity index (χ1v) is 5.83. The molecule has 1 N–H and O–H groups in total. The summed E-state index contributed by atoms with van der Waals surface area (Å²) in [7, 11) is 1.63. The predicted octanol–water partition coefficient (Wildman–Crippen LogP) is 2.69. The van der Waals surface area contributed by atoms with Gasteiger partial charge in [-0.05, 0) is 36.1 Å². The first kappa shape index (κ1) is 13.7. The molecule has 0 spiro atoms. The van der Waals surface area contributed by atoms with E-state index >= 15 is 0 Å². The number of aryl methyl sites for hydroxylation is 1. The molecule has 0 saturated heterocycles. The highest BCUT2D eigenvalue weighted by molar-refractivity contribution is 5.98. The van der Waals surface area contributed by atoms with Crippen LogP contribution in [0.15, 0.2) is 12.1 Å². The number of ether oxygens (including phenoxy) is 1. The van der Waals surface area contributed by atoms with Gasteiger partial charge >= 0.3 is 0 Å². The third kappa shape index (κ3) is 3.07. The number of carbonyl (C=O) groups is 1. The van der Waals surface area contributed by atoms with Gasteiger partial charge in [0.2, 0.25) is 0 Å². The predicted molar refractivity (Wildman–Crippen MR) is 67.9 cm³/mol. The fourth-order valence-electron chi connectivity index (χ4n) is 1.86. The maximum atomic E-state index is 11.8. The Morgan fingerprint density at radius 3 is 2.53 bits per heavy atom. The van der Waals surface area contributed by atoms with Gasteiger partial charge in [-0.15, -0.1) is 0 Å². The molecule has 0 aliphatic heterocycles. The van der Waals surface area contributed by atoms with Gasteiger partial charge in [-0.25, -0.2) is 0 Å². The fraction of sp³-hybridized carbons (Fsp3) is 0.500. The van der Waals surface area contributed by atoms with Gasteiger partial charge in [0.1, 0.15) is 5.75 Å². The topological polar surface area (TPSA) is 46.5 Å². The van der Waals surface area contributed by atoms with Crippen LogP contribution in [0.4, 0.5) is 0 Å². The number of hydrogen-bond donors (Lipinski definition) is 1. The Hall–Kier alpha value is -1.35. The first-order valence-electron chi connectivity index (χ1n) is 5.83. The number of aliphatic hydroxyl groups excluding tert-OH is 1. The Morgan fingerprint density at radius 1 is 1.41 bits per heavy atom. The maximum Gasteiger partial charge on any atom is 0.165 e. The second-order valence-electron chi connectivity index (χ2n) is 4.46. The van der Waals surface area contributed by atoms with E-state index in [1.54, 1.807) is 7.11 Å². The molecule has 1 rings (SSSR count). The summed E-state index contributed by atoms with van der Waals surface area (Å²) in [6.07, 6.45) is 0.171. The second kappa shape index (κ2) is 5.82. The molecule has 94 valence electrons. The molecule has 3 nitrogen and oxygen atoms in total. The lowest BCUT2D eigenvalue weighted by atomic mass is 9.94. The smallest absolute Gasteiger partial charge is 0.165 e. The number of aliphatic hydroxyl groups is 1. The SMILES string of the molecule is COc1cc(C)c(C(=O)CCO)cc1C(C)C. The van der Waals surface area contributed by atoms with Gasteiger partial charge in [0, 0.05) is 12.0 Å². The minimum atomic E-state index is -0.110. The van der Waals surface area contributed by atoms with E-state index in [0.717, 1.165) is 16.9 Å². The van der Waals surface area contributed by atoms with Crippen LogP contribution in [-0.4, -0.2) is 24.6 Å². The third-order valence-electron chi connectivity index (χ3n) is 2.84. The van der Waals surface area contributed by atoms with Crippen LogP contribution in [0.3, 0.4) is 0 Å². The Balaban J connectivity index is 3.24. The molecule has 0 fully saturated rings. The van der Waals surface area contributed by atoms with Crippen molar-refractivity contribution in [2.75, 3.05) is 13.7 Å². The summed E-state index contributed by atoms with van der Waals surface area (Å²) < 4.78 is 5.32. The molecule has 1 aromatic rings. The van der Waals surface area contributed by atoms with Gasteiger partial charge < -0.3 is 9.84 Å². The Bertz CT molecular complexity index is 408. The molecule has 0 aliphatic rings. The fourth-order valence-corrected chi connectivity index (χ4v) is 1.86. The van der Waals surface area contributed by atoms with E-state index in [2.05, 4.69) is 13.8 Å². The molecule has 0 radical (unpaired) electrons. The highest BCUT2D eigenvalue weighted by atomic mass is 16.5. The number of benzene rings is 1. The summed E-state index contributed by atoms with van der Waals surface area (Å²) in [6.45, 7) is 5.90. The van der Waals surface area contributed by atoms with Crippen LogP contribution in [0, 0.1) is 6.92 Å². The third-order valence-corrected chi connectivity index (χ3v) is 2.84. The van der Waals surface area contributed by atoms with Crippen molar-refractivity contribution in [2.24, 2.45) is 0 Å². The molecule has 17 heavy (non-hydrogen) atoms. The Labute approximate surface area is 102 Å². The number of methoxy groups -OCH3 is 1. The molecule has 0 atom stereocenters. The lowest BCUT2D eigenvalue weighted by molar-refractivity contribution is 0.0956. The molecular formula is C14H20O3. The van der Waals surface area contributed by atoms with E-state index in [9.17, 15) is 4.79 Å². The Kier molecular flexibility index (Phi) is 4.70. The van der Waals surface area contributed by atoms with Gasteiger partial charge in [0.05, 0.1) is 13.7 Å². The summed E-state index contributed by atoms with van der Waals surface area (Å²) in [5, 5.41) is 8.82. The van der Waals surface area contributed by atoms with Crippen LogP contribution < -0.4 is 4.74 Å². The van der Waals surface area contributed by atoms with Crippen molar-refractivity contribution < 1.29 is 14.6 Å². The van der Waals surface area contributed by atoms with Crippen molar-refractivity contribution in [3.63, 3.8) is 0 Å². The molecule has 0 amide bonds. The number of ketones is 1. The van der Waals surface area contributed by atoms with E-state index in [0.29, 0.717) is 11.5 Å². The molecule has 0 saturated carbocycles. The molecule has 3 heteroatoms. The number of rotatable bonds is 5. The summed E-state index contributed by atoms with van der Waals surface area (Å²) in [6, 6.07) is 3.77. The lowest BCUT2D eigenvalue weighted by Crippen LogP contribution is -2.06. The van der Waals surface area contributed by atoms with Crippen LogP contribution in [0.5, 0.6) is 5.75 Å². The number of Topliss-reactive ketones (excluding diaryl/α,β-unsaturated/α-hetero) is 1. The van der Waals surface area contributed by atoms with Crippen LogP contribution >= 0.6 is 0 Å². The van der Waals surface area contributed by atoms with E-state index < -0.39 is 0 Å². The van der Waals surface area contributed by atoms with E-state index in [1.165, 1.54) is 0 Å². The van der Waals surface area contributed by atoms with E-state index in [-0.39, 0.29) is 18.8 Å². The zero-order valence-corrected chi connectivity index (χ0v) is 10.9. The molecule has 1 aromatic carbocycles. The van der Waals surface area contributed by atoms with Gasteiger partial charge in [-0.2, -0.15) is 0 Å².